The van der Waals surface area contributed by atoms with E-state index in [1.807, 2.05) is 36.0 Å². The van der Waals surface area contributed by atoms with Crippen LogP contribution in [0, 0.1) is 5.92 Å². The van der Waals surface area contributed by atoms with Crippen LogP contribution in [-0.4, -0.2) is 32.7 Å². The van der Waals surface area contributed by atoms with E-state index in [-0.39, 0.29) is 11.5 Å². The molecule has 24 heavy (non-hydrogen) atoms. The zero-order chi connectivity index (χ0) is 17.6. The van der Waals surface area contributed by atoms with E-state index in [1.54, 1.807) is 12.5 Å². The van der Waals surface area contributed by atoms with E-state index in [0.717, 1.165) is 11.4 Å². The van der Waals surface area contributed by atoms with E-state index in [0.29, 0.717) is 25.5 Å². The molecule has 0 bridgehead atoms. The second kappa shape index (κ2) is 8.06. The molecule has 2 aromatic rings. The van der Waals surface area contributed by atoms with Gasteiger partial charge in [-0.15, -0.1) is 0 Å². The van der Waals surface area contributed by atoms with Gasteiger partial charge in [-0.2, -0.15) is 0 Å². The second-order valence-electron chi connectivity index (χ2n) is 6.40. The smallest absolute Gasteiger partial charge is 0.307 e. The zero-order valence-electron chi connectivity index (χ0n) is 14.8. The van der Waals surface area contributed by atoms with Crippen LogP contribution in [0.2, 0.25) is 0 Å². The highest BCUT2D eigenvalue weighted by Crippen LogP contribution is 2.22. The Labute approximate surface area is 143 Å². The second-order valence-corrected chi connectivity index (χ2v) is 6.40. The van der Waals surface area contributed by atoms with Gasteiger partial charge in [0.1, 0.15) is 12.1 Å². The fraction of sp³-hybridized carbons (Fsp3) is 0.500. The third-order valence-corrected chi connectivity index (χ3v) is 4.37. The highest BCUT2D eigenvalue weighted by atomic mass is 16.5. The standard InChI is InChI=1S/C18H26N4O2/c1-5-24-17(23)10-18(4,14(2)3)21-12-15-6-7-16(20-11-15)22-9-8-19-13-22/h6-9,11,13-14,21H,5,10,12H2,1-4H3. The van der Waals surface area contributed by atoms with E-state index in [4.69, 9.17) is 4.74 Å². The predicted octanol–water partition coefficient (Wildman–Crippen LogP) is 2.72. The van der Waals surface area contributed by atoms with Crippen LogP contribution >= 0.6 is 0 Å². The maximum atomic E-state index is 11.9. The van der Waals surface area contributed by atoms with Crippen LogP contribution in [0.3, 0.4) is 0 Å². The molecule has 0 aromatic carbocycles. The van der Waals surface area contributed by atoms with Crippen LogP contribution < -0.4 is 5.32 Å². The quantitative estimate of drug-likeness (QED) is 0.754. The number of carbonyl (C=O) groups is 1. The Hall–Kier alpha value is -2.21. The topological polar surface area (TPSA) is 69.0 Å². The van der Waals surface area contributed by atoms with Gasteiger partial charge in [-0.25, -0.2) is 9.97 Å². The molecule has 1 atom stereocenters. The van der Waals surface area contributed by atoms with Crippen molar-refractivity contribution < 1.29 is 9.53 Å². The van der Waals surface area contributed by atoms with Gasteiger partial charge in [-0.1, -0.05) is 19.9 Å². The van der Waals surface area contributed by atoms with Gasteiger partial charge in [0.25, 0.3) is 0 Å². The molecule has 6 nitrogen and oxygen atoms in total. The van der Waals surface area contributed by atoms with Crippen LogP contribution in [0.15, 0.2) is 37.1 Å². The molecule has 0 saturated carbocycles. The first-order valence-electron chi connectivity index (χ1n) is 8.28. The molecule has 0 aliphatic heterocycles. The molecule has 6 heteroatoms. The normalized spacial score (nSPS) is 13.7. The van der Waals surface area contributed by atoms with Crippen molar-refractivity contribution in [2.75, 3.05) is 6.61 Å². The number of pyridine rings is 1. The third-order valence-electron chi connectivity index (χ3n) is 4.37. The van der Waals surface area contributed by atoms with E-state index >= 15 is 0 Å². The highest BCUT2D eigenvalue weighted by Gasteiger charge is 2.31. The van der Waals surface area contributed by atoms with Gasteiger partial charge in [0, 0.05) is 30.7 Å². The van der Waals surface area contributed by atoms with E-state index in [1.165, 1.54) is 0 Å². The number of esters is 1. The van der Waals surface area contributed by atoms with Crippen molar-refractivity contribution in [3.63, 3.8) is 0 Å². The van der Waals surface area contributed by atoms with Crippen LogP contribution in [0.1, 0.15) is 39.7 Å². The molecule has 2 aromatic heterocycles. The maximum absolute atomic E-state index is 11.9. The Kier molecular flexibility index (Phi) is 6.09. The summed E-state index contributed by atoms with van der Waals surface area (Å²) in [5.41, 5.74) is 0.740. The summed E-state index contributed by atoms with van der Waals surface area (Å²) in [7, 11) is 0. The Morgan fingerprint density at radius 3 is 2.75 bits per heavy atom. The lowest BCUT2D eigenvalue weighted by Gasteiger charge is -2.34. The van der Waals surface area contributed by atoms with Crippen molar-refractivity contribution in [1.29, 1.82) is 0 Å². The number of ether oxygens (including phenoxy) is 1. The fourth-order valence-corrected chi connectivity index (χ4v) is 2.36. The summed E-state index contributed by atoms with van der Waals surface area (Å²) in [6.45, 7) is 9.14. The molecule has 1 N–H and O–H groups in total. The Balaban J connectivity index is 2.00. The van der Waals surface area contributed by atoms with Crippen molar-refractivity contribution in [2.24, 2.45) is 5.92 Å². The predicted molar refractivity (Wildman–Crippen MR) is 92.7 cm³/mol. The summed E-state index contributed by atoms with van der Waals surface area (Å²) >= 11 is 0. The molecule has 0 spiro atoms. The van der Waals surface area contributed by atoms with Gasteiger partial charge >= 0.3 is 5.97 Å². The van der Waals surface area contributed by atoms with E-state index in [2.05, 4.69) is 36.1 Å². The SMILES string of the molecule is CCOC(=O)CC(C)(NCc1ccc(-n2ccnc2)nc1)C(C)C. The van der Waals surface area contributed by atoms with Crippen LogP contribution in [0.5, 0.6) is 0 Å². The van der Waals surface area contributed by atoms with Gasteiger partial charge in [0.05, 0.1) is 13.0 Å². The average molecular weight is 330 g/mol. The molecule has 0 amide bonds. The number of nitrogens with one attached hydrogen (secondary N) is 1. The Morgan fingerprint density at radius 2 is 2.21 bits per heavy atom. The van der Waals surface area contributed by atoms with Crippen molar-refractivity contribution in [3.05, 3.63) is 42.6 Å². The van der Waals surface area contributed by atoms with Crippen molar-refractivity contribution in [3.8, 4) is 5.82 Å². The van der Waals surface area contributed by atoms with Gasteiger partial charge < -0.3 is 10.1 Å². The summed E-state index contributed by atoms with van der Waals surface area (Å²) < 4.78 is 6.95. The van der Waals surface area contributed by atoms with Crippen LogP contribution in [-0.2, 0) is 16.1 Å². The molecular formula is C18H26N4O2. The first-order chi connectivity index (χ1) is 11.4. The number of hydrogen-bond acceptors (Lipinski definition) is 5. The monoisotopic (exact) mass is 330 g/mol. The summed E-state index contributed by atoms with van der Waals surface area (Å²) in [6.07, 6.45) is 7.48. The average Bonchev–Trinajstić information content (AvgIpc) is 3.08. The van der Waals surface area contributed by atoms with Crippen molar-refractivity contribution >= 4 is 5.97 Å². The van der Waals surface area contributed by atoms with Gasteiger partial charge in [-0.3, -0.25) is 9.36 Å². The number of imidazole rings is 1. The molecule has 0 radical (unpaired) electrons. The van der Waals surface area contributed by atoms with Crippen LogP contribution in [0.25, 0.3) is 5.82 Å². The minimum atomic E-state index is -0.324. The number of carbonyl (C=O) groups excluding carboxylic acids is 1. The minimum absolute atomic E-state index is 0.171. The molecule has 0 aliphatic rings. The maximum Gasteiger partial charge on any atom is 0.307 e. The van der Waals surface area contributed by atoms with E-state index in [9.17, 15) is 4.79 Å². The lowest BCUT2D eigenvalue weighted by atomic mass is 9.85. The number of rotatable bonds is 8. The van der Waals surface area contributed by atoms with E-state index < -0.39 is 0 Å². The van der Waals surface area contributed by atoms with Gasteiger partial charge in [-0.05, 0) is 31.4 Å². The third kappa shape index (κ3) is 4.64. The molecule has 0 fully saturated rings. The number of aromatic nitrogens is 3. The first kappa shape index (κ1) is 18.1. The lowest BCUT2D eigenvalue weighted by molar-refractivity contribution is -0.145. The number of nitrogens with zero attached hydrogens (tertiary/aromatic N) is 3. The Bertz CT molecular complexity index is 638. The van der Waals surface area contributed by atoms with Crippen LogP contribution in [0.4, 0.5) is 0 Å². The molecular weight excluding hydrogens is 304 g/mol. The zero-order valence-corrected chi connectivity index (χ0v) is 14.8. The van der Waals surface area contributed by atoms with Gasteiger partial charge in [0.2, 0.25) is 0 Å². The summed E-state index contributed by atoms with van der Waals surface area (Å²) in [4.78, 5) is 20.3. The molecule has 0 saturated heterocycles. The molecule has 1 unspecified atom stereocenters. The molecule has 130 valence electrons. The molecule has 2 rings (SSSR count). The highest BCUT2D eigenvalue weighted by molar-refractivity contribution is 5.70. The van der Waals surface area contributed by atoms with Crippen molar-refractivity contribution in [1.82, 2.24) is 19.9 Å². The summed E-state index contributed by atoms with van der Waals surface area (Å²) in [5.74, 6) is 0.948. The molecule has 0 aliphatic carbocycles. The van der Waals surface area contributed by atoms with Crippen molar-refractivity contribution in [2.45, 2.75) is 46.2 Å². The summed E-state index contributed by atoms with van der Waals surface area (Å²) in [6, 6.07) is 3.98. The lowest BCUT2D eigenvalue weighted by Crippen LogP contribution is -2.48. The van der Waals surface area contributed by atoms with Gasteiger partial charge in [0.15, 0.2) is 0 Å². The Morgan fingerprint density at radius 1 is 1.42 bits per heavy atom. The number of hydrogen-bond donors (Lipinski definition) is 1. The fourth-order valence-electron chi connectivity index (χ4n) is 2.36. The first-order valence-corrected chi connectivity index (χ1v) is 8.28. The largest absolute Gasteiger partial charge is 0.466 e. The summed E-state index contributed by atoms with van der Waals surface area (Å²) in [5, 5.41) is 3.50. The minimum Gasteiger partial charge on any atom is -0.466 e. The molecule has 2 heterocycles.